The molecule has 2 aliphatic heterocycles. The van der Waals surface area contributed by atoms with Gasteiger partial charge in [-0.2, -0.15) is 0 Å². The van der Waals surface area contributed by atoms with Crippen LogP contribution in [0.15, 0.2) is 42.5 Å². The number of hydrogen-bond acceptors (Lipinski definition) is 4. The molecule has 2 aliphatic rings. The largest absolute Gasteiger partial charge is 0.455 e. The van der Waals surface area contributed by atoms with E-state index in [0.717, 1.165) is 42.1 Å². The zero-order chi connectivity index (χ0) is 18.1. The van der Waals surface area contributed by atoms with Crippen LogP contribution in [-0.4, -0.2) is 24.7 Å². The molecule has 4 rings (SSSR count). The van der Waals surface area contributed by atoms with E-state index >= 15 is 0 Å². The van der Waals surface area contributed by atoms with Gasteiger partial charge in [0.15, 0.2) is 11.8 Å². The normalized spacial score (nSPS) is 20.8. The van der Waals surface area contributed by atoms with Crippen molar-refractivity contribution in [1.82, 2.24) is 5.32 Å². The van der Waals surface area contributed by atoms with Crippen molar-refractivity contribution in [3.63, 3.8) is 0 Å². The molecule has 0 radical (unpaired) electrons. The second-order valence-corrected chi connectivity index (χ2v) is 6.98. The molecule has 0 unspecified atom stereocenters. The SMILES string of the molecule is O=C(N[C@H]1CCCN2c3cc(Cl)ccc3Oc3ccccc3[C@H]12)OCCl. The minimum Gasteiger partial charge on any atom is -0.455 e. The zero-order valence-electron chi connectivity index (χ0n) is 14.0. The van der Waals surface area contributed by atoms with Crippen molar-refractivity contribution >= 4 is 35.0 Å². The van der Waals surface area contributed by atoms with Crippen LogP contribution in [0.3, 0.4) is 0 Å². The number of nitrogens with one attached hydrogen (secondary N) is 1. The molecule has 0 spiro atoms. The van der Waals surface area contributed by atoms with E-state index in [9.17, 15) is 4.79 Å². The van der Waals surface area contributed by atoms with Crippen LogP contribution in [0, 0.1) is 0 Å². The van der Waals surface area contributed by atoms with Gasteiger partial charge in [0, 0.05) is 17.1 Å². The van der Waals surface area contributed by atoms with Gasteiger partial charge < -0.3 is 19.7 Å². The van der Waals surface area contributed by atoms with Gasteiger partial charge in [0.1, 0.15) is 5.75 Å². The molecular weight excluding hydrogens is 375 g/mol. The lowest BCUT2D eigenvalue weighted by molar-refractivity contribution is 0.155. The van der Waals surface area contributed by atoms with Gasteiger partial charge in [-0.1, -0.05) is 41.4 Å². The lowest BCUT2D eigenvalue weighted by atomic mass is 9.89. The molecular formula is C19H18Cl2N2O3. The number of carbonyl (C=O) groups is 1. The summed E-state index contributed by atoms with van der Waals surface area (Å²) < 4.78 is 11.1. The van der Waals surface area contributed by atoms with Crippen molar-refractivity contribution in [2.24, 2.45) is 0 Å². The van der Waals surface area contributed by atoms with Crippen LogP contribution in [-0.2, 0) is 4.74 Å². The van der Waals surface area contributed by atoms with Crippen molar-refractivity contribution in [1.29, 1.82) is 0 Å². The number of ether oxygens (including phenoxy) is 2. The van der Waals surface area contributed by atoms with Gasteiger partial charge in [0.05, 0.1) is 17.8 Å². The number of halogens is 2. The summed E-state index contributed by atoms with van der Waals surface area (Å²) in [4.78, 5) is 14.2. The molecule has 7 heteroatoms. The molecule has 1 fully saturated rings. The number of carbonyl (C=O) groups excluding carboxylic acids is 1. The van der Waals surface area contributed by atoms with Crippen molar-refractivity contribution < 1.29 is 14.3 Å². The van der Waals surface area contributed by atoms with Crippen LogP contribution in [0.25, 0.3) is 0 Å². The van der Waals surface area contributed by atoms with Gasteiger partial charge in [-0.3, -0.25) is 0 Å². The summed E-state index contributed by atoms with van der Waals surface area (Å²) in [5, 5.41) is 3.60. The first-order valence-corrected chi connectivity index (χ1v) is 9.41. The van der Waals surface area contributed by atoms with E-state index in [1.807, 2.05) is 42.5 Å². The quantitative estimate of drug-likeness (QED) is 0.724. The molecule has 1 amide bonds. The van der Waals surface area contributed by atoms with Crippen LogP contribution >= 0.6 is 23.2 Å². The number of benzene rings is 2. The van der Waals surface area contributed by atoms with Crippen molar-refractivity contribution in [2.75, 3.05) is 17.5 Å². The first-order chi connectivity index (χ1) is 12.7. The molecule has 0 saturated carbocycles. The molecule has 0 aromatic heterocycles. The molecule has 1 saturated heterocycles. The Morgan fingerprint density at radius 1 is 1.27 bits per heavy atom. The molecule has 5 nitrogen and oxygen atoms in total. The second kappa shape index (κ2) is 7.25. The molecule has 26 heavy (non-hydrogen) atoms. The molecule has 136 valence electrons. The van der Waals surface area contributed by atoms with Gasteiger partial charge in [0.25, 0.3) is 0 Å². The number of amides is 1. The predicted octanol–water partition coefficient (Wildman–Crippen LogP) is 5.08. The Kier molecular flexibility index (Phi) is 4.83. The highest BCUT2D eigenvalue weighted by Gasteiger charge is 2.38. The second-order valence-electron chi connectivity index (χ2n) is 6.32. The lowest BCUT2D eigenvalue weighted by Crippen LogP contribution is -2.50. The number of hydrogen-bond donors (Lipinski definition) is 1. The highest BCUT2D eigenvalue weighted by atomic mass is 35.5. The summed E-state index contributed by atoms with van der Waals surface area (Å²) in [6, 6.07) is 13.1. The average molecular weight is 393 g/mol. The average Bonchev–Trinajstić information content (AvgIpc) is 2.77. The Bertz CT molecular complexity index is 830. The number of nitrogens with zero attached hydrogens (tertiary/aromatic N) is 1. The maximum Gasteiger partial charge on any atom is 0.408 e. The number of alkyl carbamates (subject to hydrolysis) is 1. The summed E-state index contributed by atoms with van der Waals surface area (Å²) in [6.07, 6.45) is 1.25. The van der Waals surface area contributed by atoms with Crippen molar-refractivity contribution in [2.45, 2.75) is 24.9 Å². The molecule has 2 heterocycles. The Morgan fingerprint density at radius 2 is 2.12 bits per heavy atom. The minimum absolute atomic E-state index is 0.0810. The fourth-order valence-corrected chi connectivity index (χ4v) is 4.05. The summed E-state index contributed by atoms with van der Waals surface area (Å²) in [5.74, 6) is 1.54. The minimum atomic E-state index is -0.513. The number of piperidine rings is 1. The smallest absolute Gasteiger partial charge is 0.408 e. The Morgan fingerprint density at radius 3 is 2.96 bits per heavy atom. The van der Waals surface area contributed by atoms with E-state index < -0.39 is 6.09 Å². The number of para-hydroxylation sites is 1. The van der Waals surface area contributed by atoms with E-state index in [0.29, 0.717) is 5.02 Å². The summed E-state index contributed by atoms with van der Waals surface area (Å²) in [5.41, 5.74) is 1.95. The van der Waals surface area contributed by atoms with Gasteiger partial charge >= 0.3 is 6.09 Å². The van der Waals surface area contributed by atoms with Crippen molar-refractivity contribution in [3.8, 4) is 11.5 Å². The van der Waals surface area contributed by atoms with E-state index in [4.69, 9.17) is 32.7 Å². The molecule has 0 aliphatic carbocycles. The Labute approximate surface area is 161 Å². The number of fused-ring (bicyclic) bond motifs is 5. The molecule has 1 N–H and O–H groups in total. The van der Waals surface area contributed by atoms with Gasteiger partial charge in [0.2, 0.25) is 0 Å². The third-order valence-electron chi connectivity index (χ3n) is 4.81. The first-order valence-electron chi connectivity index (χ1n) is 8.49. The topological polar surface area (TPSA) is 50.8 Å². The maximum absolute atomic E-state index is 12.0. The molecule has 2 aromatic rings. The first kappa shape index (κ1) is 17.3. The number of alkyl halides is 1. The summed E-state index contributed by atoms with van der Waals surface area (Å²) in [6.45, 7) is 0.846. The predicted molar refractivity (Wildman–Crippen MR) is 101 cm³/mol. The third kappa shape index (κ3) is 3.17. The van der Waals surface area contributed by atoms with Crippen molar-refractivity contribution in [3.05, 3.63) is 53.1 Å². The number of rotatable bonds is 2. The lowest BCUT2D eigenvalue weighted by Gasteiger charge is -2.42. The van der Waals surface area contributed by atoms with Crippen LogP contribution in [0.5, 0.6) is 11.5 Å². The zero-order valence-corrected chi connectivity index (χ0v) is 15.5. The van der Waals surface area contributed by atoms with E-state index in [1.165, 1.54) is 0 Å². The van der Waals surface area contributed by atoms with Gasteiger partial charge in [-0.15, -0.1) is 0 Å². The van der Waals surface area contributed by atoms with Crippen LogP contribution < -0.4 is 15.0 Å². The highest BCUT2D eigenvalue weighted by molar-refractivity contribution is 6.31. The highest BCUT2D eigenvalue weighted by Crippen LogP contribution is 2.48. The molecule has 2 aromatic carbocycles. The Balaban J connectivity index is 1.80. The summed E-state index contributed by atoms with van der Waals surface area (Å²) >= 11 is 11.8. The van der Waals surface area contributed by atoms with E-state index in [1.54, 1.807) is 0 Å². The van der Waals surface area contributed by atoms with Crippen LogP contribution in [0.1, 0.15) is 24.4 Å². The van der Waals surface area contributed by atoms with Crippen LogP contribution in [0.2, 0.25) is 5.02 Å². The molecule has 0 bridgehead atoms. The van der Waals surface area contributed by atoms with Gasteiger partial charge in [-0.25, -0.2) is 4.79 Å². The summed E-state index contributed by atoms with van der Waals surface area (Å²) in [7, 11) is 0. The Hall–Kier alpha value is -2.11. The monoisotopic (exact) mass is 392 g/mol. The van der Waals surface area contributed by atoms with Gasteiger partial charge in [-0.05, 0) is 37.1 Å². The van der Waals surface area contributed by atoms with Crippen LogP contribution in [0.4, 0.5) is 10.5 Å². The van der Waals surface area contributed by atoms with E-state index in [2.05, 4.69) is 10.2 Å². The number of anilines is 1. The fraction of sp³-hybridized carbons (Fsp3) is 0.316. The molecule has 2 atom stereocenters. The third-order valence-corrected chi connectivity index (χ3v) is 5.15. The maximum atomic E-state index is 12.0. The van der Waals surface area contributed by atoms with E-state index in [-0.39, 0.29) is 18.1 Å². The fourth-order valence-electron chi connectivity index (χ4n) is 3.78. The standard InChI is InChI=1S/C19H18Cl2N2O3/c20-11-25-19(24)22-14-5-3-9-23-15-10-12(21)7-8-17(15)26-16-6-2-1-4-13(16)18(14)23/h1-2,4,6-8,10,14,18H,3,5,9,11H2,(H,22,24)/t14-,18+/m0/s1.